The Bertz CT molecular complexity index is 447. The molecule has 0 radical (unpaired) electrons. The molecule has 0 aliphatic carbocycles. The molecule has 0 fully saturated rings. The summed E-state index contributed by atoms with van der Waals surface area (Å²) >= 11 is 0. The van der Waals surface area contributed by atoms with Crippen LogP contribution in [-0.2, 0) is 4.79 Å². The highest BCUT2D eigenvalue weighted by Gasteiger charge is 2.07. The van der Waals surface area contributed by atoms with E-state index in [9.17, 15) is 9.59 Å². The number of nitrogen functional groups attached to an aromatic ring is 1. The van der Waals surface area contributed by atoms with Gasteiger partial charge in [-0.2, -0.15) is 0 Å². The van der Waals surface area contributed by atoms with Crippen molar-refractivity contribution in [1.29, 1.82) is 0 Å². The number of carbonyl (C=O) groups excluding carboxylic acids is 2. The molecule has 2 amide bonds. The molecule has 0 saturated carbocycles. The van der Waals surface area contributed by atoms with E-state index in [-0.39, 0.29) is 17.2 Å². The van der Waals surface area contributed by atoms with Crippen molar-refractivity contribution in [2.24, 2.45) is 5.73 Å². The van der Waals surface area contributed by atoms with Crippen molar-refractivity contribution in [3.63, 3.8) is 0 Å². The smallest absolute Gasteiger partial charge is 0.250 e. The van der Waals surface area contributed by atoms with Crippen molar-refractivity contribution in [1.82, 2.24) is 10.3 Å². The van der Waals surface area contributed by atoms with Crippen LogP contribution in [0.3, 0.4) is 0 Å². The highest BCUT2D eigenvalue weighted by Crippen LogP contribution is 2.13. The van der Waals surface area contributed by atoms with Crippen LogP contribution >= 0.6 is 0 Å². The summed E-state index contributed by atoms with van der Waals surface area (Å²) in [5.41, 5.74) is 11.2. The second-order valence-electron chi connectivity index (χ2n) is 3.65. The molecule has 0 bridgehead atoms. The van der Waals surface area contributed by atoms with Crippen molar-refractivity contribution >= 4 is 23.3 Å². The number of pyridine rings is 1. The maximum atomic E-state index is 11.2. The molecule has 7 nitrogen and oxygen atoms in total. The number of hydrogen-bond donors (Lipinski definition) is 4. The van der Waals surface area contributed by atoms with E-state index >= 15 is 0 Å². The quantitative estimate of drug-likeness (QED) is 0.552. The molecular formula is C11H17N5O2. The van der Waals surface area contributed by atoms with E-state index in [1.165, 1.54) is 12.3 Å². The van der Waals surface area contributed by atoms with Gasteiger partial charge < -0.3 is 22.1 Å². The molecule has 0 saturated heterocycles. The predicted octanol–water partition coefficient (Wildman–Crippen LogP) is -0.299. The predicted molar refractivity (Wildman–Crippen MR) is 69.0 cm³/mol. The first-order chi connectivity index (χ1) is 8.54. The zero-order valence-electron chi connectivity index (χ0n) is 10.2. The van der Waals surface area contributed by atoms with Gasteiger partial charge in [-0.1, -0.05) is 0 Å². The van der Waals surface area contributed by atoms with Gasteiger partial charge >= 0.3 is 0 Å². The lowest BCUT2D eigenvalue weighted by atomic mass is 10.2. The van der Waals surface area contributed by atoms with Crippen LogP contribution in [-0.4, -0.2) is 29.9 Å². The molecule has 7 heteroatoms. The maximum absolute atomic E-state index is 11.2. The minimum absolute atomic E-state index is 0.0458. The number of nitrogens with two attached hydrogens (primary N) is 2. The molecule has 1 heterocycles. The van der Waals surface area contributed by atoms with Gasteiger partial charge in [0.2, 0.25) is 5.91 Å². The molecule has 18 heavy (non-hydrogen) atoms. The molecule has 0 aliphatic rings. The van der Waals surface area contributed by atoms with Gasteiger partial charge in [-0.25, -0.2) is 4.98 Å². The van der Waals surface area contributed by atoms with Crippen LogP contribution in [0.4, 0.5) is 11.5 Å². The van der Waals surface area contributed by atoms with Crippen LogP contribution in [0.5, 0.6) is 0 Å². The second-order valence-corrected chi connectivity index (χ2v) is 3.65. The summed E-state index contributed by atoms with van der Waals surface area (Å²) in [6, 6.07) is 1.47. The number of carbonyl (C=O) groups is 2. The summed E-state index contributed by atoms with van der Waals surface area (Å²) in [7, 11) is 0. The van der Waals surface area contributed by atoms with Gasteiger partial charge in [0, 0.05) is 19.5 Å². The van der Waals surface area contributed by atoms with Crippen LogP contribution in [0.1, 0.15) is 23.7 Å². The van der Waals surface area contributed by atoms with E-state index in [1.54, 1.807) is 0 Å². The van der Waals surface area contributed by atoms with Gasteiger partial charge in [-0.15, -0.1) is 0 Å². The number of rotatable bonds is 6. The monoisotopic (exact) mass is 251 g/mol. The van der Waals surface area contributed by atoms with Crippen LogP contribution in [0.2, 0.25) is 0 Å². The highest BCUT2D eigenvalue weighted by atomic mass is 16.1. The number of hydrogen-bond acceptors (Lipinski definition) is 5. The molecular weight excluding hydrogens is 234 g/mol. The number of primary amides is 1. The number of anilines is 2. The first kappa shape index (κ1) is 13.8. The van der Waals surface area contributed by atoms with Crippen LogP contribution in [0, 0.1) is 0 Å². The van der Waals surface area contributed by atoms with E-state index in [4.69, 9.17) is 11.5 Å². The highest BCUT2D eigenvalue weighted by molar-refractivity contribution is 5.98. The van der Waals surface area contributed by atoms with Crippen molar-refractivity contribution in [3.05, 3.63) is 17.8 Å². The Hall–Kier alpha value is -2.31. The van der Waals surface area contributed by atoms with E-state index in [2.05, 4.69) is 15.6 Å². The maximum Gasteiger partial charge on any atom is 0.250 e. The minimum atomic E-state index is -0.610. The summed E-state index contributed by atoms with van der Waals surface area (Å²) in [6.07, 6.45) is 1.68. The average Bonchev–Trinajstić information content (AvgIpc) is 2.31. The first-order valence-electron chi connectivity index (χ1n) is 5.60. The lowest BCUT2D eigenvalue weighted by molar-refractivity contribution is -0.120. The van der Waals surface area contributed by atoms with Gasteiger partial charge in [0.05, 0.1) is 17.4 Å². The van der Waals surface area contributed by atoms with Crippen LogP contribution < -0.4 is 22.1 Å². The lowest BCUT2D eigenvalue weighted by Gasteiger charge is -2.08. The zero-order valence-corrected chi connectivity index (χ0v) is 10.2. The molecule has 6 N–H and O–H groups in total. The third kappa shape index (κ3) is 3.93. The lowest BCUT2D eigenvalue weighted by Crippen LogP contribution is -2.25. The summed E-state index contributed by atoms with van der Waals surface area (Å²) < 4.78 is 0. The van der Waals surface area contributed by atoms with E-state index < -0.39 is 5.91 Å². The Balaban J connectivity index is 2.55. The normalized spacial score (nSPS) is 9.83. The number of aromatic nitrogens is 1. The van der Waals surface area contributed by atoms with Gasteiger partial charge in [0.15, 0.2) is 0 Å². The fraction of sp³-hybridized carbons (Fsp3) is 0.364. The van der Waals surface area contributed by atoms with Crippen LogP contribution in [0.15, 0.2) is 12.3 Å². The number of amides is 2. The standard InChI is InChI=1S/C11H17N5O2/c1-2-14-10(17)3-4-15-9-5-7(11(13)18)8(12)6-16-9/h5-6H,2-4,12H2,1H3,(H2,13,18)(H,14,17)(H,15,16). The van der Waals surface area contributed by atoms with Gasteiger partial charge in [0.1, 0.15) is 5.82 Å². The fourth-order valence-corrected chi connectivity index (χ4v) is 1.37. The van der Waals surface area contributed by atoms with Crippen molar-refractivity contribution < 1.29 is 9.59 Å². The van der Waals surface area contributed by atoms with Gasteiger partial charge in [-0.05, 0) is 13.0 Å². The van der Waals surface area contributed by atoms with E-state index in [1.807, 2.05) is 6.92 Å². The SMILES string of the molecule is CCNC(=O)CCNc1cc(C(N)=O)c(N)cn1. The molecule has 1 aromatic rings. The molecule has 1 aromatic heterocycles. The first-order valence-corrected chi connectivity index (χ1v) is 5.60. The largest absolute Gasteiger partial charge is 0.397 e. The molecule has 0 unspecified atom stereocenters. The number of nitrogens with one attached hydrogen (secondary N) is 2. The molecule has 0 aromatic carbocycles. The minimum Gasteiger partial charge on any atom is -0.397 e. The molecule has 0 atom stereocenters. The van der Waals surface area contributed by atoms with Crippen molar-refractivity contribution in [3.8, 4) is 0 Å². The van der Waals surface area contributed by atoms with Gasteiger partial charge in [-0.3, -0.25) is 9.59 Å². The van der Waals surface area contributed by atoms with E-state index in [0.717, 1.165) is 0 Å². The molecule has 0 spiro atoms. The topological polar surface area (TPSA) is 123 Å². The summed E-state index contributed by atoms with van der Waals surface area (Å²) in [4.78, 5) is 26.2. The number of nitrogens with zero attached hydrogens (tertiary/aromatic N) is 1. The Morgan fingerprint density at radius 1 is 1.44 bits per heavy atom. The Kier molecular flexibility index (Phi) is 4.91. The third-order valence-electron chi connectivity index (χ3n) is 2.23. The Morgan fingerprint density at radius 2 is 2.17 bits per heavy atom. The molecule has 98 valence electrons. The van der Waals surface area contributed by atoms with Crippen LogP contribution in [0.25, 0.3) is 0 Å². The molecule has 1 rings (SSSR count). The van der Waals surface area contributed by atoms with Crippen molar-refractivity contribution in [2.45, 2.75) is 13.3 Å². The summed E-state index contributed by atoms with van der Waals surface area (Å²) in [5.74, 6) is -0.195. The summed E-state index contributed by atoms with van der Waals surface area (Å²) in [5, 5.41) is 5.60. The van der Waals surface area contributed by atoms with E-state index in [0.29, 0.717) is 25.3 Å². The summed E-state index contributed by atoms with van der Waals surface area (Å²) in [6.45, 7) is 2.87. The average molecular weight is 251 g/mol. The molecule has 0 aliphatic heterocycles. The second kappa shape index (κ2) is 6.43. The Labute approximate surface area is 105 Å². The Morgan fingerprint density at radius 3 is 2.78 bits per heavy atom. The third-order valence-corrected chi connectivity index (χ3v) is 2.23. The van der Waals surface area contributed by atoms with Crippen molar-refractivity contribution in [2.75, 3.05) is 24.1 Å². The zero-order chi connectivity index (χ0) is 13.5. The van der Waals surface area contributed by atoms with Gasteiger partial charge in [0.25, 0.3) is 5.91 Å². The fourth-order valence-electron chi connectivity index (χ4n) is 1.37.